The first-order chi connectivity index (χ1) is 7.22. The molecule has 15 heavy (non-hydrogen) atoms. The molecule has 0 spiro atoms. The Morgan fingerprint density at radius 3 is 2.93 bits per heavy atom. The van der Waals surface area contributed by atoms with Crippen LogP contribution >= 0.6 is 27.7 Å². The Labute approximate surface area is 103 Å². The van der Waals surface area contributed by atoms with Crippen LogP contribution in [0.5, 0.6) is 0 Å². The van der Waals surface area contributed by atoms with E-state index in [0.717, 1.165) is 36.1 Å². The van der Waals surface area contributed by atoms with Gasteiger partial charge in [-0.3, -0.25) is 4.79 Å². The van der Waals surface area contributed by atoms with Gasteiger partial charge in [0.05, 0.1) is 6.07 Å². The van der Waals surface area contributed by atoms with Crippen LogP contribution in [0.25, 0.3) is 0 Å². The van der Waals surface area contributed by atoms with E-state index in [9.17, 15) is 4.79 Å². The van der Waals surface area contributed by atoms with Crippen molar-refractivity contribution in [3.8, 4) is 6.07 Å². The molecule has 5 heteroatoms. The Kier molecular flexibility index (Phi) is 5.48. The molecule has 1 unspecified atom stereocenters. The van der Waals surface area contributed by atoms with Gasteiger partial charge in [-0.1, -0.05) is 15.9 Å². The first-order valence-electron chi connectivity index (χ1n) is 5.08. The maximum atomic E-state index is 11.6. The molecule has 0 bridgehead atoms. The van der Waals surface area contributed by atoms with Gasteiger partial charge in [0.1, 0.15) is 5.54 Å². The van der Waals surface area contributed by atoms with Crippen LogP contribution in [-0.2, 0) is 4.79 Å². The van der Waals surface area contributed by atoms with Crippen LogP contribution in [0.15, 0.2) is 0 Å². The SMILES string of the molecule is N#CC1(NC(=O)CCCCBr)CCSC1. The van der Waals surface area contributed by atoms with Crippen LogP contribution in [0.1, 0.15) is 25.7 Å². The summed E-state index contributed by atoms with van der Waals surface area (Å²) in [4.78, 5) is 11.6. The fraction of sp³-hybridized carbons (Fsp3) is 0.800. The van der Waals surface area contributed by atoms with E-state index in [1.807, 2.05) is 0 Å². The quantitative estimate of drug-likeness (QED) is 0.623. The molecule has 3 nitrogen and oxygen atoms in total. The smallest absolute Gasteiger partial charge is 0.221 e. The van der Waals surface area contributed by atoms with E-state index in [0.29, 0.717) is 6.42 Å². The molecular weight excluding hydrogens is 276 g/mol. The van der Waals surface area contributed by atoms with Crippen molar-refractivity contribution in [3.63, 3.8) is 0 Å². The summed E-state index contributed by atoms with van der Waals surface area (Å²) in [6.07, 6.45) is 3.19. The van der Waals surface area contributed by atoms with E-state index in [1.165, 1.54) is 0 Å². The van der Waals surface area contributed by atoms with Crippen molar-refractivity contribution in [2.75, 3.05) is 16.8 Å². The number of hydrogen-bond donors (Lipinski definition) is 1. The number of hydrogen-bond acceptors (Lipinski definition) is 3. The summed E-state index contributed by atoms with van der Waals surface area (Å²) < 4.78 is 0. The third-order valence-corrected chi connectivity index (χ3v) is 4.15. The van der Waals surface area contributed by atoms with Crippen LogP contribution in [-0.4, -0.2) is 28.3 Å². The van der Waals surface area contributed by atoms with Gasteiger partial charge in [0, 0.05) is 17.5 Å². The summed E-state index contributed by atoms with van der Waals surface area (Å²) in [6.45, 7) is 0. The van der Waals surface area contributed by atoms with Crippen molar-refractivity contribution >= 4 is 33.6 Å². The Morgan fingerprint density at radius 2 is 2.40 bits per heavy atom. The van der Waals surface area contributed by atoms with E-state index < -0.39 is 5.54 Å². The molecule has 0 aromatic rings. The van der Waals surface area contributed by atoms with Crippen molar-refractivity contribution in [2.45, 2.75) is 31.2 Å². The summed E-state index contributed by atoms with van der Waals surface area (Å²) in [7, 11) is 0. The van der Waals surface area contributed by atoms with Crippen molar-refractivity contribution in [1.82, 2.24) is 5.32 Å². The molecule has 1 atom stereocenters. The van der Waals surface area contributed by atoms with Crippen molar-refractivity contribution in [3.05, 3.63) is 0 Å². The molecule has 1 aliphatic heterocycles. The molecule has 1 aliphatic rings. The average Bonchev–Trinajstić information content (AvgIpc) is 2.67. The molecule has 1 amide bonds. The summed E-state index contributed by atoms with van der Waals surface area (Å²) in [5.41, 5.74) is -0.587. The Balaban J connectivity index is 2.33. The number of nitrogens with zero attached hydrogens (tertiary/aromatic N) is 1. The van der Waals surface area contributed by atoms with Crippen molar-refractivity contribution in [1.29, 1.82) is 5.26 Å². The number of unbranched alkanes of at least 4 members (excludes halogenated alkanes) is 1. The topological polar surface area (TPSA) is 52.9 Å². The number of thioether (sulfide) groups is 1. The molecule has 0 aromatic heterocycles. The second-order valence-electron chi connectivity index (χ2n) is 3.69. The van der Waals surface area contributed by atoms with E-state index in [4.69, 9.17) is 5.26 Å². The number of carbonyl (C=O) groups is 1. The van der Waals surface area contributed by atoms with E-state index in [2.05, 4.69) is 27.3 Å². The molecule has 84 valence electrons. The summed E-state index contributed by atoms with van der Waals surface area (Å²) >= 11 is 5.06. The lowest BCUT2D eigenvalue weighted by Gasteiger charge is -2.21. The second-order valence-corrected chi connectivity index (χ2v) is 5.59. The Morgan fingerprint density at radius 1 is 1.60 bits per heavy atom. The zero-order valence-electron chi connectivity index (χ0n) is 8.59. The van der Waals surface area contributed by atoms with E-state index >= 15 is 0 Å². The van der Waals surface area contributed by atoms with Gasteiger partial charge in [0.25, 0.3) is 0 Å². The molecule has 0 aromatic carbocycles. The van der Waals surface area contributed by atoms with Gasteiger partial charge in [0.2, 0.25) is 5.91 Å². The Bertz CT molecular complexity index is 259. The fourth-order valence-corrected chi connectivity index (χ4v) is 3.15. The van der Waals surface area contributed by atoms with Gasteiger partial charge < -0.3 is 5.32 Å². The lowest BCUT2D eigenvalue weighted by Crippen LogP contribution is -2.47. The molecular formula is C10H15BrN2OS. The van der Waals surface area contributed by atoms with Gasteiger partial charge in [-0.2, -0.15) is 17.0 Å². The number of halogens is 1. The number of alkyl halides is 1. The van der Waals surface area contributed by atoms with E-state index in [1.54, 1.807) is 11.8 Å². The maximum Gasteiger partial charge on any atom is 0.221 e. The molecule has 1 heterocycles. The lowest BCUT2D eigenvalue weighted by atomic mass is 10.0. The predicted octanol–water partition coefficient (Wildman–Crippen LogP) is 2.07. The number of rotatable bonds is 5. The van der Waals surface area contributed by atoms with Crippen molar-refractivity contribution in [2.24, 2.45) is 0 Å². The van der Waals surface area contributed by atoms with E-state index in [-0.39, 0.29) is 5.91 Å². The highest BCUT2D eigenvalue weighted by molar-refractivity contribution is 9.09. The van der Waals surface area contributed by atoms with Gasteiger partial charge >= 0.3 is 0 Å². The van der Waals surface area contributed by atoms with Crippen molar-refractivity contribution < 1.29 is 4.79 Å². The summed E-state index contributed by atoms with van der Waals surface area (Å²) in [5, 5.41) is 12.8. The minimum atomic E-state index is -0.587. The maximum absolute atomic E-state index is 11.6. The molecule has 0 saturated carbocycles. The van der Waals surface area contributed by atoms with Gasteiger partial charge in [-0.05, 0) is 25.0 Å². The van der Waals surface area contributed by atoms with Crippen LogP contribution in [0.4, 0.5) is 0 Å². The molecule has 1 N–H and O–H groups in total. The monoisotopic (exact) mass is 290 g/mol. The zero-order valence-corrected chi connectivity index (χ0v) is 11.0. The fourth-order valence-electron chi connectivity index (χ4n) is 1.49. The zero-order chi connectivity index (χ0) is 11.1. The second kappa shape index (κ2) is 6.39. The van der Waals surface area contributed by atoms with Crippen LogP contribution in [0.2, 0.25) is 0 Å². The normalized spacial score (nSPS) is 24.8. The first kappa shape index (κ1) is 12.9. The van der Waals surface area contributed by atoms with Gasteiger partial charge in [-0.25, -0.2) is 0 Å². The number of amides is 1. The minimum absolute atomic E-state index is 0.0139. The lowest BCUT2D eigenvalue weighted by molar-refractivity contribution is -0.122. The third-order valence-electron chi connectivity index (χ3n) is 2.40. The summed E-state index contributed by atoms with van der Waals surface area (Å²) in [5.74, 6) is 1.71. The molecule has 0 radical (unpaired) electrons. The minimum Gasteiger partial charge on any atom is -0.337 e. The van der Waals surface area contributed by atoms with Crippen LogP contribution in [0.3, 0.4) is 0 Å². The van der Waals surface area contributed by atoms with Crippen LogP contribution in [0, 0.1) is 11.3 Å². The van der Waals surface area contributed by atoms with Crippen LogP contribution < -0.4 is 5.32 Å². The number of carbonyl (C=O) groups excluding carboxylic acids is 1. The molecule has 1 saturated heterocycles. The highest BCUT2D eigenvalue weighted by Crippen LogP contribution is 2.27. The number of nitriles is 1. The highest BCUT2D eigenvalue weighted by Gasteiger charge is 2.35. The largest absolute Gasteiger partial charge is 0.337 e. The Hall–Kier alpha value is -0.210. The van der Waals surface area contributed by atoms with Gasteiger partial charge in [0.15, 0.2) is 0 Å². The third kappa shape index (κ3) is 4.04. The average molecular weight is 291 g/mol. The standard InChI is InChI=1S/C10H15BrN2OS/c11-5-2-1-3-9(14)13-10(7-12)4-6-15-8-10/h1-6,8H2,(H,13,14). The molecule has 1 fully saturated rings. The predicted molar refractivity (Wildman–Crippen MR) is 66.1 cm³/mol. The molecule has 1 rings (SSSR count). The summed E-state index contributed by atoms with van der Waals surface area (Å²) in [6, 6.07) is 2.24. The first-order valence-corrected chi connectivity index (χ1v) is 7.36. The molecule has 0 aliphatic carbocycles. The van der Waals surface area contributed by atoms with Gasteiger partial charge in [-0.15, -0.1) is 0 Å². The number of nitrogens with one attached hydrogen (secondary N) is 1. The highest BCUT2D eigenvalue weighted by atomic mass is 79.9.